The molecular formula is C26H28N6O. The summed E-state index contributed by atoms with van der Waals surface area (Å²) < 4.78 is 2.00. The highest BCUT2D eigenvalue weighted by atomic mass is 16.1. The van der Waals surface area contributed by atoms with Crippen LogP contribution >= 0.6 is 0 Å². The number of tetrazole rings is 1. The van der Waals surface area contributed by atoms with Gasteiger partial charge in [0, 0.05) is 17.8 Å². The summed E-state index contributed by atoms with van der Waals surface area (Å²) in [7, 11) is 0. The summed E-state index contributed by atoms with van der Waals surface area (Å²) in [5, 5.41) is 14.1. The number of anilines is 1. The number of aromatic amines is 1. The number of pyridine rings is 1. The minimum absolute atomic E-state index is 0.0793. The van der Waals surface area contributed by atoms with Crippen molar-refractivity contribution in [2.24, 2.45) is 0 Å². The van der Waals surface area contributed by atoms with Crippen LogP contribution in [0, 0.1) is 6.92 Å². The van der Waals surface area contributed by atoms with Crippen LogP contribution in [0.4, 0.5) is 5.69 Å². The summed E-state index contributed by atoms with van der Waals surface area (Å²) in [6.45, 7) is 2.85. The number of benzene rings is 2. The third-order valence-electron chi connectivity index (χ3n) is 7.33. The van der Waals surface area contributed by atoms with Gasteiger partial charge in [-0.3, -0.25) is 4.79 Å². The van der Waals surface area contributed by atoms with Gasteiger partial charge in [0.05, 0.1) is 11.6 Å². The molecule has 1 N–H and O–H groups in total. The Balaban J connectivity index is 1.55. The second-order valence-electron chi connectivity index (χ2n) is 9.34. The number of aromatic nitrogens is 5. The highest BCUT2D eigenvalue weighted by Crippen LogP contribution is 2.39. The van der Waals surface area contributed by atoms with Crippen molar-refractivity contribution in [3.63, 3.8) is 0 Å². The number of nitrogens with zero attached hydrogens (tertiary/aromatic N) is 5. The molecule has 1 fully saturated rings. The summed E-state index contributed by atoms with van der Waals surface area (Å²) >= 11 is 0. The second-order valence-corrected chi connectivity index (χ2v) is 9.34. The zero-order valence-electron chi connectivity index (χ0n) is 18.9. The molecule has 0 bridgehead atoms. The van der Waals surface area contributed by atoms with E-state index in [4.69, 9.17) is 0 Å². The molecule has 6 rings (SSSR count). The van der Waals surface area contributed by atoms with Gasteiger partial charge in [0.15, 0.2) is 5.82 Å². The van der Waals surface area contributed by atoms with Crippen LogP contribution in [0.25, 0.3) is 10.9 Å². The van der Waals surface area contributed by atoms with Gasteiger partial charge >= 0.3 is 0 Å². The van der Waals surface area contributed by atoms with Gasteiger partial charge in [-0.05, 0) is 65.3 Å². The molecule has 0 spiro atoms. The molecule has 4 aromatic rings. The maximum absolute atomic E-state index is 13.5. The van der Waals surface area contributed by atoms with Crippen molar-refractivity contribution < 1.29 is 0 Å². The predicted octanol–water partition coefficient (Wildman–Crippen LogP) is 4.48. The van der Waals surface area contributed by atoms with Gasteiger partial charge in [0.1, 0.15) is 6.04 Å². The first-order valence-electron chi connectivity index (χ1n) is 12.0. The molecule has 0 amide bonds. The highest BCUT2D eigenvalue weighted by Gasteiger charge is 2.35. The van der Waals surface area contributed by atoms with Gasteiger partial charge in [-0.25, -0.2) is 4.68 Å². The molecule has 3 heterocycles. The first-order chi connectivity index (χ1) is 16.2. The normalized spacial score (nSPS) is 17.4. The first-order valence-corrected chi connectivity index (χ1v) is 12.0. The molecule has 7 heteroatoms. The summed E-state index contributed by atoms with van der Waals surface area (Å²) in [4.78, 5) is 19.0. The van der Waals surface area contributed by atoms with Gasteiger partial charge in [-0.15, -0.1) is 5.10 Å². The zero-order valence-corrected chi connectivity index (χ0v) is 18.9. The largest absolute Gasteiger partial charge is 0.357 e. The van der Waals surface area contributed by atoms with Crippen LogP contribution < -0.4 is 10.5 Å². The molecule has 1 aliphatic carbocycles. The third kappa shape index (κ3) is 3.43. The number of nitrogens with one attached hydrogen (secondary N) is 1. The van der Waals surface area contributed by atoms with E-state index >= 15 is 0 Å². The molecule has 168 valence electrons. The fraction of sp³-hybridized carbons (Fsp3) is 0.385. The Morgan fingerprint density at radius 2 is 1.91 bits per heavy atom. The zero-order chi connectivity index (χ0) is 22.4. The van der Waals surface area contributed by atoms with Crippen LogP contribution in [-0.4, -0.2) is 31.7 Å². The monoisotopic (exact) mass is 440 g/mol. The van der Waals surface area contributed by atoms with Crippen LogP contribution in [0.3, 0.4) is 0 Å². The minimum Gasteiger partial charge on any atom is -0.357 e. The molecule has 2 aromatic carbocycles. The van der Waals surface area contributed by atoms with Crippen molar-refractivity contribution in [2.45, 2.75) is 57.5 Å². The Labute approximate surface area is 192 Å². The van der Waals surface area contributed by atoms with Crippen LogP contribution in [0.1, 0.15) is 66.7 Å². The van der Waals surface area contributed by atoms with Crippen molar-refractivity contribution in [3.8, 4) is 0 Å². The molecule has 0 saturated heterocycles. The van der Waals surface area contributed by atoms with Crippen molar-refractivity contribution in [3.05, 3.63) is 81.4 Å². The molecule has 1 aliphatic heterocycles. The molecule has 1 saturated carbocycles. The Morgan fingerprint density at radius 3 is 2.79 bits per heavy atom. The highest BCUT2D eigenvalue weighted by molar-refractivity contribution is 5.82. The lowest BCUT2D eigenvalue weighted by molar-refractivity contribution is 0.313. The number of hydrogen-bond donors (Lipinski definition) is 1. The molecule has 2 aromatic heterocycles. The van der Waals surface area contributed by atoms with Crippen LogP contribution in [0.2, 0.25) is 0 Å². The summed E-state index contributed by atoms with van der Waals surface area (Å²) in [5.41, 5.74) is 5.02. The smallest absolute Gasteiger partial charge is 0.254 e. The number of hydrogen-bond acceptors (Lipinski definition) is 5. The van der Waals surface area contributed by atoms with Gasteiger partial charge in [-0.2, -0.15) is 0 Å². The molecule has 33 heavy (non-hydrogen) atoms. The van der Waals surface area contributed by atoms with E-state index in [9.17, 15) is 4.79 Å². The summed E-state index contributed by atoms with van der Waals surface area (Å²) in [6.07, 6.45) is 6.75. The van der Waals surface area contributed by atoms with E-state index in [1.807, 2.05) is 29.8 Å². The van der Waals surface area contributed by atoms with E-state index in [2.05, 4.69) is 55.7 Å². The van der Waals surface area contributed by atoms with Gasteiger partial charge in [0.25, 0.3) is 5.56 Å². The Kier molecular flexibility index (Phi) is 4.97. The third-order valence-corrected chi connectivity index (χ3v) is 7.33. The SMILES string of the molecule is Cc1cccc2cc(C(c3nnnn3C3CCCCC3)N3CCc4ccccc43)c(=O)[nH]c12. The van der Waals surface area contributed by atoms with E-state index < -0.39 is 0 Å². The Hall–Kier alpha value is -3.48. The number of aryl methyl sites for hydroxylation is 1. The fourth-order valence-electron chi connectivity index (χ4n) is 5.65. The fourth-order valence-corrected chi connectivity index (χ4v) is 5.65. The van der Waals surface area contributed by atoms with Crippen molar-refractivity contribution in [1.29, 1.82) is 0 Å². The number of fused-ring (bicyclic) bond motifs is 2. The molecule has 1 unspecified atom stereocenters. The maximum atomic E-state index is 13.5. The number of para-hydroxylation sites is 2. The van der Waals surface area contributed by atoms with E-state index in [1.165, 1.54) is 24.8 Å². The Bertz CT molecular complexity index is 1370. The second kappa shape index (κ2) is 8.14. The molecule has 2 aliphatic rings. The number of rotatable bonds is 4. The standard InChI is InChI=1S/C26H28N6O/c1-17-8-7-10-19-16-21(26(33)27-23(17)19)24(31-15-14-18-9-5-6-13-22(18)31)25-28-29-30-32(25)20-11-3-2-4-12-20/h5-10,13,16,20,24H,2-4,11-12,14-15H2,1H3,(H,27,33). The van der Waals surface area contributed by atoms with Crippen molar-refractivity contribution >= 4 is 16.6 Å². The molecule has 1 atom stereocenters. The molecule has 7 nitrogen and oxygen atoms in total. The Morgan fingerprint density at radius 1 is 1.06 bits per heavy atom. The lowest BCUT2D eigenvalue weighted by Crippen LogP contribution is -2.35. The molecule has 0 radical (unpaired) electrons. The van der Waals surface area contributed by atoms with Crippen LogP contribution in [0.15, 0.2) is 53.3 Å². The summed E-state index contributed by atoms with van der Waals surface area (Å²) in [6, 6.07) is 16.5. The van der Waals surface area contributed by atoms with Crippen LogP contribution in [0.5, 0.6) is 0 Å². The average Bonchev–Trinajstić information content (AvgIpc) is 3.49. The molecular weight excluding hydrogens is 412 g/mol. The van der Waals surface area contributed by atoms with Gasteiger partial charge in [-0.1, -0.05) is 55.7 Å². The maximum Gasteiger partial charge on any atom is 0.254 e. The van der Waals surface area contributed by atoms with Gasteiger partial charge < -0.3 is 9.88 Å². The quantitative estimate of drug-likeness (QED) is 0.506. The first kappa shape index (κ1) is 20.1. The minimum atomic E-state index is -0.348. The van der Waals surface area contributed by atoms with E-state index in [0.717, 1.165) is 53.8 Å². The van der Waals surface area contributed by atoms with Crippen molar-refractivity contribution in [2.75, 3.05) is 11.4 Å². The van der Waals surface area contributed by atoms with E-state index in [0.29, 0.717) is 5.56 Å². The topological polar surface area (TPSA) is 79.7 Å². The lowest BCUT2D eigenvalue weighted by atomic mass is 9.95. The van der Waals surface area contributed by atoms with Crippen molar-refractivity contribution in [1.82, 2.24) is 25.2 Å². The predicted molar refractivity (Wildman–Crippen MR) is 129 cm³/mol. The summed E-state index contributed by atoms with van der Waals surface area (Å²) in [5.74, 6) is 0.760. The number of H-pyrrole nitrogens is 1. The van der Waals surface area contributed by atoms with E-state index in [1.54, 1.807) is 0 Å². The average molecular weight is 441 g/mol. The van der Waals surface area contributed by atoms with Gasteiger partial charge in [0.2, 0.25) is 0 Å². The van der Waals surface area contributed by atoms with E-state index in [-0.39, 0.29) is 17.6 Å². The lowest BCUT2D eigenvalue weighted by Gasteiger charge is -2.31. The van der Waals surface area contributed by atoms with Crippen LogP contribution in [-0.2, 0) is 6.42 Å².